The molecule has 8 nitrogen and oxygen atoms in total. The van der Waals surface area contributed by atoms with Gasteiger partial charge in [0.2, 0.25) is 5.91 Å². The number of amides is 3. The van der Waals surface area contributed by atoms with Crippen LogP contribution >= 0.6 is 11.6 Å². The number of aromatic nitrogens is 2. The predicted octanol–water partition coefficient (Wildman–Crippen LogP) is 4.16. The molecule has 1 aliphatic rings. The lowest BCUT2D eigenvalue weighted by atomic mass is 9.99. The summed E-state index contributed by atoms with van der Waals surface area (Å²) in [6, 6.07) is 11.9. The number of hydrogen-bond donors (Lipinski definition) is 2. The zero-order valence-corrected chi connectivity index (χ0v) is 19.4. The molecule has 2 aromatic carbocycles. The molecule has 0 spiro atoms. The largest absolute Gasteiger partial charge is 0.383 e. The molecule has 3 N–H and O–H groups in total. The second kappa shape index (κ2) is 9.62. The van der Waals surface area contributed by atoms with Crippen molar-refractivity contribution in [3.05, 3.63) is 59.4 Å². The fraction of sp³-hybridized carbons (Fsp3) is 0.333. The van der Waals surface area contributed by atoms with Gasteiger partial charge in [0.25, 0.3) is 0 Å². The van der Waals surface area contributed by atoms with Gasteiger partial charge in [0, 0.05) is 35.7 Å². The van der Waals surface area contributed by atoms with E-state index in [0.717, 1.165) is 16.5 Å². The Hall–Kier alpha value is -3.39. The highest BCUT2D eigenvalue weighted by atomic mass is 35.5. The number of halogens is 1. The van der Waals surface area contributed by atoms with Crippen molar-refractivity contribution in [1.82, 2.24) is 19.8 Å². The number of piperazine rings is 1. The maximum atomic E-state index is 13.4. The van der Waals surface area contributed by atoms with Crippen LogP contribution in [-0.2, 0) is 11.3 Å². The summed E-state index contributed by atoms with van der Waals surface area (Å²) in [5.41, 5.74) is 8.25. The molecule has 3 aromatic rings. The number of anilines is 2. The minimum absolute atomic E-state index is 0.0523. The van der Waals surface area contributed by atoms with Crippen molar-refractivity contribution in [1.29, 1.82) is 0 Å². The molecule has 0 aliphatic carbocycles. The Bertz CT molecular complexity index is 1170. The topological polar surface area (TPSA) is 104 Å². The van der Waals surface area contributed by atoms with Gasteiger partial charge in [-0.15, -0.1) is 0 Å². The van der Waals surface area contributed by atoms with Gasteiger partial charge in [-0.25, -0.2) is 14.8 Å². The smallest absolute Gasteiger partial charge is 0.322 e. The Morgan fingerprint density at radius 1 is 1.18 bits per heavy atom. The van der Waals surface area contributed by atoms with Crippen LogP contribution in [0.3, 0.4) is 0 Å². The molecule has 2 heterocycles. The fourth-order valence-corrected chi connectivity index (χ4v) is 4.21. The zero-order valence-electron chi connectivity index (χ0n) is 18.7. The second-order valence-electron chi connectivity index (χ2n) is 8.65. The van der Waals surface area contributed by atoms with Crippen LogP contribution in [0.4, 0.5) is 16.3 Å². The number of carbonyl (C=O) groups is 2. The number of rotatable bonds is 5. The lowest BCUT2D eigenvalue weighted by Gasteiger charge is -2.41. The number of benzene rings is 2. The normalized spacial score (nSPS) is 16.5. The Labute approximate surface area is 197 Å². The highest BCUT2D eigenvalue weighted by Crippen LogP contribution is 2.24. The van der Waals surface area contributed by atoms with E-state index < -0.39 is 6.04 Å². The molecule has 4 rings (SSSR count). The summed E-state index contributed by atoms with van der Waals surface area (Å²) in [6.07, 6.45) is 2.02. The van der Waals surface area contributed by atoms with Crippen LogP contribution in [-0.4, -0.2) is 50.8 Å². The summed E-state index contributed by atoms with van der Waals surface area (Å²) in [5.74, 6) is 0.633. The predicted molar refractivity (Wildman–Crippen MR) is 130 cm³/mol. The molecule has 3 amide bonds. The molecule has 0 saturated carbocycles. The number of urea groups is 1. The van der Waals surface area contributed by atoms with Gasteiger partial charge in [-0.05, 0) is 54.3 Å². The third-order valence-electron chi connectivity index (χ3n) is 5.74. The van der Waals surface area contributed by atoms with Gasteiger partial charge in [0.05, 0.1) is 5.52 Å². The van der Waals surface area contributed by atoms with E-state index in [1.54, 1.807) is 29.2 Å². The zero-order chi connectivity index (χ0) is 23.5. The summed E-state index contributed by atoms with van der Waals surface area (Å²) >= 11 is 5.93. The first-order valence-corrected chi connectivity index (χ1v) is 11.3. The maximum Gasteiger partial charge on any atom is 0.322 e. The highest BCUT2D eigenvalue weighted by molar-refractivity contribution is 6.30. The molecule has 9 heteroatoms. The van der Waals surface area contributed by atoms with Crippen molar-refractivity contribution in [2.45, 2.75) is 32.9 Å². The number of nitrogen functional groups attached to an aromatic ring is 1. The Morgan fingerprint density at radius 3 is 2.67 bits per heavy atom. The summed E-state index contributed by atoms with van der Waals surface area (Å²) in [4.78, 5) is 38.2. The van der Waals surface area contributed by atoms with Gasteiger partial charge in [-0.2, -0.15) is 0 Å². The van der Waals surface area contributed by atoms with Gasteiger partial charge >= 0.3 is 6.03 Å². The van der Waals surface area contributed by atoms with E-state index in [0.29, 0.717) is 42.6 Å². The Kier molecular flexibility index (Phi) is 6.65. The molecule has 1 aliphatic heterocycles. The number of carbonyl (C=O) groups excluding carboxylic acids is 2. The standard InChI is InChI=1S/C24H27ClN6O2/c1-15(2)11-21-23(32)30(13-16-3-8-19-20(12-16)27-14-28-22(19)26)9-10-31(21)24(33)29-18-6-4-17(25)5-7-18/h3-8,12,14-15,21H,9-11,13H2,1-2H3,(H,29,33)(H2,26,27,28)/t21-/m0/s1. The molecule has 172 valence electrons. The first-order chi connectivity index (χ1) is 15.8. The minimum atomic E-state index is -0.524. The summed E-state index contributed by atoms with van der Waals surface area (Å²) in [6.45, 7) is 5.44. The molecule has 1 saturated heterocycles. The van der Waals surface area contributed by atoms with E-state index in [1.807, 2.05) is 23.1 Å². The third-order valence-corrected chi connectivity index (χ3v) is 5.99. The molecular formula is C24H27ClN6O2. The number of fused-ring (bicyclic) bond motifs is 1. The van der Waals surface area contributed by atoms with E-state index in [1.165, 1.54) is 6.33 Å². The molecule has 1 fully saturated rings. The SMILES string of the molecule is CC(C)C[C@H]1C(=O)N(Cc2ccc3c(N)ncnc3c2)CCN1C(=O)Nc1ccc(Cl)cc1. The average molecular weight is 467 g/mol. The monoisotopic (exact) mass is 466 g/mol. The van der Waals surface area contributed by atoms with Gasteiger partial charge < -0.3 is 20.9 Å². The van der Waals surface area contributed by atoms with Gasteiger partial charge in [0.1, 0.15) is 18.2 Å². The quantitative estimate of drug-likeness (QED) is 0.587. The van der Waals surface area contributed by atoms with Crippen LogP contribution in [0.15, 0.2) is 48.8 Å². The lowest BCUT2D eigenvalue weighted by molar-refractivity contribution is -0.141. The van der Waals surface area contributed by atoms with Crippen LogP contribution in [0.2, 0.25) is 5.02 Å². The number of nitrogens with zero attached hydrogens (tertiary/aromatic N) is 4. The van der Waals surface area contributed by atoms with E-state index in [2.05, 4.69) is 29.1 Å². The summed E-state index contributed by atoms with van der Waals surface area (Å²) in [5, 5.41) is 4.26. The highest BCUT2D eigenvalue weighted by Gasteiger charge is 2.37. The van der Waals surface area contributed by atoms with Crippen molar-refractivity contribution in [2.75, 3.05) is 24.1 Å². The van der Waals surface area contributed by atoms with Crippen LogP contribution in [0.25, 0.3) is 10.9 Å². The molecular weight excluding hydrogens is 440 g/mol. The second-order valence-corrected chi connectivity index (χ2v) is 9.08. The van der Waals surface area contributed by atoms with Gasteiger partial charge in [-0.3, -0.25) is 4.79 Å². The molecule has 1 atom stereocenters. The summed E-state index contributed by atoms with van der Waals surface area (Å²) in [7, 11) is 0. The number of nitrogens with two attached hydrogens (primary N) is 1. The molecule has 0 unspecified atom stereocenters. The van der Waals surface area contributed by atoms with E-state index in [4.69, 9.17) is 17.3 Å². The Balaban J connectivity index is 1.50. The van der Waals surface area contributed by atoms with Crippen molar-refractivity contribution in [3.63, 3.8) is 0 Å². The molecule has 0 bridgehead atoms. The first-order valence-electron chi connectivity index (χ1n) is 10.9. The van der Waals surface area contributed by atoms with E-state index in [9.17, 15) is 9.59 Å². The van der Waals surface area contributed by atoms with Crippen molar-refractivity contribution in [2.24, 2.45) is 5.92 Å². The Morgan fingerprint density at radius 2 is 1.94 bits per heavy atom. The fourth-order valence-electron chi connectivity index (χ4n) is 4.08. The first kappa shape index (κ1) is 22.8. The third kappa shape index (κ3) is 5.17. The van der Waals surface area contributed by atoms with Crippen LogP contribution in [0.5, 0.6) is 0 Å². The molecule has 0 radical (unpaired) electrons. The average Bonchev–Trinajstić information content (AvgIpc) is 2.78. The van der Waals surface area contributed by atoms with Crippen LogP contribution < -0.4 is 11.1 Å². The number of hydrogen-bond acceptors (Lipinski definition) is 5. The summed E-state index contributed by atoms with van der Waals surface area (Å²) < 4.78 is 0. The van der Waals surface area contributed by atoms with Crippen LogP contribution in [0, 0.1) is 5.92 Å². The molecule has 33 heavy (non-hydrogen) atoms. The van der Waals surface area contributed by atoms with E-state index >= 15 is 0 Å². The number of nitrogens with one attached hydrogen (secondary N) is 1. The maximum absolute atomic E-state index is 13.4. The van der Waals surface area contributed by atoms with Crippen molar-refractivity contribution < 1.29 is 9.59 Å². The van der Waals surface area contributed by atoms with Crippen molar-refractivity contribution in [3.8, 4) is 0 Å². The lowest BCUT2D eigenvalue weighted by Crippen LogP contribution is -2.59. The van der Waals surface area contributed by atoms with Crippen molar-refractivity contribution >= 4 is 45.9 Å². The van der Waals surface area contributed by atoms with E-state index in [-0.39, 0.29) is 17.9 Å². The minimum Gasteiger partial charge on any atom is -0.383 e. The van der Waals surface area contributed by atoms with Gasteiger partial charge in [0.15, 0.2) is 0 Å². The van der Waals surface area contributed by atoms with Crippen LogP contribution in [0.1, 0.15) is 25.8 Å². The van der Waals surface area contributed by atoms with Gasteiger partial charge in [-0.1, -0.05) is 31.5 Å². The molecule has 1 aromatic heterocycles.